The lowest BCUT2D eigenvalue weighted by atomic mass is 10.2. The Labute approximate surface area is 128 Å². The number of hydrogen-bond donors (Lipinski definition) is 1. The van der Waals surface area contributed by atoms with Crippen LogP contribution in [0.2, 0.25) is 0 Å². The highest BCUT2D eigenvalue weighted by Gasteiger charge is 2.34. The molecule has 1 aliphatic heterocycles. The summed E-state index contributed by atoms with van der Waals surface area (Å²) in [5.74, 6) is -0.258. The van der Waals surface area contributed by atoms with E-state index in [1.165, 1.54) is 4.90 Å². The number of hydrogen-bond acceptors (Lipinski definition) is 4. The molecule has 122 valence electrons. The van der Waals surface area contributed by atoms with Crippen LogP contribution in [0.25, 0.3) is 0 Å². The Kier molecular flexibility index (Phi) is 4.99. The standard InChI is InChI=1S/C12H14F3N3O3S/c13-12(14,15)9-1-2-17(16-9)6-10(19)18-3-4-22-7-8(18)5-11(20)21/h1-2,8H,3-7H2,(H,20,21). The van der Waals surface area contributed by atoms with Gasteiger partial charge in [-0.1, -0.05) is 0 Å². The van der Waals surface area contributed by atoms with Gasteiger partial charge in [-0.05, 0) is 6.07 Å². The molecule has 1 unspecified atom stereocenters. The zero-order valence-corrected chi connectivity index (χ0v) is 12.2. The Balaban J connectivity index is 2.03. The van der Waals surface area contributed by atoms with E-state index in [9.17, 15) is 22.8 Å². The summed E-state index contributed by atoms with van der Waals surface area (Å²) in [6.07, 6.45) is -3.64. The van der Waals surface area contributed by atoms with Crippen molar-refractivity contribution in [3.63, 3.8) is 0 Å². The first-order valence-electron chi connectivity index (χ1n) is 6.47. The van der Waals surface area contributed by atoms with E-state index in [-0.39, 0.29) is 13.0 Å². The highest BCUT2D eigenvalue weighted by Crippen LogP contribution is 2.27. The summed E-state index contributed by atoms with van der Waals surface area (Å²) < 4.78 is 38.3. The minimum Gasteiger partial charge on any atom is -0.481 e. The number of carboxylic acids is 1. The van der Waals surface area contributed by atoms with Crippen molar-refractivity contribution in [3.8, 4) is 0 Å². The molecule has 6 nitrogen and oxygen atoms in total. The van der Waals surface area contributed by atoms with Gasteiger partial charge in [0.15, 0.2) is 5.69 Å². The van der Waals surface area contributed by atoms with Crippen molar-refractivity contribution in [3.05, 3.63) is 18.0 Å². The molecule has 1 aromatic rings. The zero-order valence-electron chi connectivity index (χ0n) is 11.4. The van der Waals surface area contributed by atoms with Gasteiger partial charge in [-0.25, -0.2) is 0 Å². The molecule has 1 atom stereocenters. The lowest BCUT2D eigenvalue weighted by Gasteiger charge is -2.34. The number of rotatable bonds is 4. The second kappa shape index (κ2) is 6.59. The SMILES string of the molecule is O=C(O)CC1CSCCN1C(=O)Cn1ccc(C(F)(F)F)n1. The van der Waals surface area contributed by atoms with Crippen molar-refractivity contribution < 1.29 is 27.9 Å². The van der Waals surface area contributed by atoms with Gasteiger partial charge in [0.1, 0.15) is 6.54 Å². The molecule has 0 bridgehead atoms. The number of thioether (sulfide) groups is 1. The van der Waals surface area contributed by atoms with Crippen molar-refractivity contribution in [1.29, 1.82) is 0 Å². The van der Waals surface area contributed by atoms with Crippen molar-refractivity contribution >= 4 is 23.6 Å². The van der Waals surface area contributed by atoms with Gasteiger partial charge >= 0.3 is 12.1 Å². The van der Waals surface area contributed by atoms with E-state index >= 15 is 0 Å². The minimum atomic E-state index is -4.55. The van der Waals surface area contributed by atoms with Crippen molar-refractivity contribution in [2.75, 3.05) is 18.1 Å². The summed E-state index contributed by atoms with van der Waals surface area (Å²) >= 11 is 1.55. The summed E-state index contributed by atoms with van der Waals surface area (Å²) in [6.45, 7) is 0.0473. The third-order valence-corrected chi connectivity index (χ3v) is 4.28. The second-order valence-electron chi connectivity index (χ2n) is 4.81. The first kappa shape index (κ1) is 16.7. The van der Waals surface area contributed by atoms with Crippen LogP contribution in [0, 0.1) is 0 Å². The third kappa shape index (κ3) is 4.15. The quantitative estimate of drug-likeness (QED) is 0.897. The van der Waals surface area contributed by atoms with Crippen LogP contribution in [-0.4, -0.2) is 55.8 Å². The van der Waals surface area contributed by atoms with Crippen molar-refractivity contribution in [1.82, 2.24) is 14.7 Å². The van der Waals surface area contributed by atoms with Crippen LogP contribution in [0.3, 0.4) is 0 Å². The molecular formula is C12H14F3N3O3S. The van der Waals surface area contributed by atoms with Crippen LogP contribution in [0.5, 0.6) is 0 Å². The van der Waals surface area contributed by atoms with Crippen molar-refractivity contribution in [2.24, 2.45) is 0 Å². The van der Waals surface area contributed by atoms with E-state index in [2.05, 4.69) is 5.10 Å². The molecule has 1 fully saturated rings. The van der Waals surface area contributed by atoms with Gasteiger partial charge < -0.3 is 10.0 Å². The van der Waals surface area contributed by atoms with E-state index in [1.54, 1.807) is 11.8 Å². The molecule has 1 amide bonds. The number of nitrogens with zero attached hydrogens (tertiary/aromatic N) is 3. The Morgan fingerprint density at radius 3 is 2.77 bits per heavy atom. The third-order valence-electron chi connectivity index (χ3n) is 3.19. The molecule has 10 heteroatoms. The normalized spacial score (nSPS) is 19.2. The maximum absolute atomic E-state index is 12.5. The summed E-state index contributed by atoms with van der Waals surface area (Å²) in [5, 5.41) is 12.2. The molecule has 0 spiro atoms. The van der Waals surface area contributed by atoms with E-state index in [1.807, 2.05) is 0 Å². The van der Waals surface area contributed by atoms with E-state index in [4.69, 9.17) is 5.11 Å². The largest absolute Gasteiger partial charge is 0.481 e. The number of carboxylic acid groups (broad SMARTS) is 1. The number of amides is 1. The fraction of sp³-hybridized carbons (Fsp3) is 0.583. The van der Waals surface area contributed by atoms with Crippen molar-refractivity contribution in [2.45, 2.75) is 25.2 Å². The van der Waals surface area contributed by atoms with Crippen LogP contribution < -0.4 is 0 Å². The molecule has 0 saturated carbocycles. The minimum absolute atomic E-state index is 0.175. The number of alkyl halides is 3. The highest BCUT2D eigenvalue weighted by atomic mass is 32.2. The smallest absolute Gasteiger partial charge is 0.435 e. The summed E-state index contributed by atoms with van der Waals surface area (Å²) in [6, 6.07) is 0.357. The molecule has 0 aliphatic carbocycles. The van der Waals surface area contributed by atoms with Gasteiger partial charge in [0.05, 0.1) is 12.5 Å². The molecule has 2 heterocycles. The zero-order chi connectivity index (χ0) is 16.3. The number of carbonyl (C=O) groups excluding carboxylic acids is 1. The lowest BCUT2D eigenvalue weighted by Crippen LogP contribution is -2.48. The maximum Gasteiger partial charge on any atom is 0.435 e. The molecule has 1 saturated heterocycles. The molecule has 0 radical (unpaired) electrons. The molecule has 0 aromatic carbocycles. The Bertz CT molecular complexity index is 561. The average molecular weight is 337 g/mol. The molecule has 22 heavy (non-hydrogen) atoms. The first-order chi connectivity index (χ1) is 10.3. The number of aromatic nitrogens is 2. The van der Waals surface area contributed by atoms with Crippen LogP contribution in [-0.2, 0) is 22.3 Å². The molecule has 2 rings (SSSR count). The van der Waals surface area contributed by atoms with E-state index in [0.717, 1.165) is 16.9 Å². The number of aliphatic carboxylic acids is 1. The van der Waals surface area contributed by atoms with Crippen LogP contribution in [0.15, 0.2) is 12.3 Å². The van der Waals surface area contributed by atoms with Gasteiger partial charge in [-0.2, -0.15) is 30.0 Å². The summed E-state index contributed by atoms with van der Waals surface area (Å²) in [4.78, 5) is 24.4. The monoisotopic (exact) mass is 337 g/mol. The Morgan fingerprint density at radius 1 is 1.45 bits per heavy atom. The van der Waals surface area contributed by atoms with Crippen LogP contribution in [0.4, 0.5) is 13.2 Å². The fourth-order valence-electron chi connectivity index (χ4n) is 2.18. The second-order valence-corrected chi connectivity index (χ2v) is 5.96. The maximum atomic E-state index is 12.5. The Hall–Kier alpha value is -1.71. The van der Waals surface area contributed by atoms with Gasteiger partial charge in [-0.3, -0.25) is 14.3 Å². The predicted molar refractivity (Wildman–Crippen MR) is 72.3 cm³/mol. The highest BCUT2D eigenvalue weighted by molar-refractivity contribution is 7.99. The number of halogens is 3. The summed E-state index contributed by atoms with van der Waals surface area (Å²) in [5.41, 5.74) is -1.06. The van der Waals surface area contributed by atoms with Gasteiger partial charge in [-0.15, -0.1) is 0 Å². The Morgan fingerprint density at radius 2 is 2.18 bits per heavy atom. The summed E-state index contributed by atoms with van der Waals surface area (Å²) in [7, 11) is 0. The predicted octanol–water partition coefficient (Wildman–Crippen LogP) is 1.32. The topological polar surface area (TPSA) is 75.4 Å². The number of carbonyl (C=O) groups is 2. The lowest BCUT2D eigenvalue weighted by molar-refractivity contribution is -0.143. The van der Waals surface area contributed by atoms with Crippen LogP contribution in [0.1, 0.15) is 12.1 Å². The molecule has 1 N–H and O–H groups in total. The molecule has 1 aliphatic rings. The molecule has 1 aromatic heterocycles. The van der Waals surface area contributed by atoms with Gasteiger partial charge in [0.25, 0.3) is 0 Å². The fourth-order valence-corrected chi connectivity index (χ4v) is 3.25. The van der Waals surface area contributed by atoms with E-state index in [0.29, 0.717) is 18.1 Å². The molecular weight excluding hydrogens is 323 g/mol. The van der Waals surface area contributed by atoms with Crippen LogP contribution >= 0.6 is 11.8 Å². The van der Waals surface area contributed by atoms with E-state index < -0.39 is 29.8 Å². The first-order valence-corrected chi connectivity index (χ1v) is 7.62. The van der Waals surface area contributed by atoms with Gasteiger partial charge in [0.2, 0.25) is 5.91 Å². The average Bonchev–Trinajstić information content (AvgIpc) is 2.87. The van der Waals surface area contributed by atoms with Gasteiger partial charge in [0, 0.05) is 24.2 Å².